The lowest BCUT2D eigenvalue weighted by molar-refractivity contribution is 0.358. The minimum atomic E-state index is 0.839. The first-order chi connectivity index (χ1) is 10.2. The summed E-state index contributed by atoms with van der Waals surface area (Å²) in [6, 6.07) is 0. The van der Waals surface area contributed by atoms with Crippen LogP contribution in [0.1, 0.15) is 98.8 Å². The fourth-order valence-corrected chi connectivity index (χ4v) is 3.28. The van der Waals surface area contributed by atoms with Crippen molar-refractivity contribution in [2.24, 2.45) is 17.8 Å². The molecular weight excluding hydrogens is 254 g/mol. The topological polar surface area (TPSA) is 12.0 Å². The standard InChI is InChI=1S/C20H43N/c1-6-10-12-20(9-4)15-16-21-17-18(5)13-14-19(8-3)11-7-2/h18-21H,6-17H2,1-5H3. The van der Waals surface area contributed by atoms with E-state index >= 15 is 0 Å². The van der Waals surface area contributed by atoms with Crippen LogP contribution < -0.4 is 5.32 Å². The highest BCUT2D eigenvalue weighted by molar-refractivity contribution is 4.64. The molecule has 0 heterocycles. The maximum atomic E-state index is 3.70. The van der Waals surface area contributed by atoms with Gasteiger partial charge in [-0.15, -0.1) is 0 Å². The quantitative estimate of drug-likeness (QED) is 0.344. The molecule has 1 nitrogen and oxygen atoms in total. The smallest absolute Gasteiger partial charge is 0.00232 e. The van der Waals surface area contributed by atoms with Crippen molar-refractivity contribution in [1.82, 2.24) is 5.32 Å². The molecule has 0 aliphatic carbocycles. The summed E-state index contributed by atoms with van der Waals surface area (Å²) in [5, 5.41) is 3.70. The van der Waals surface area contributed by atoms with Gasteiger partial charge in [0.1, 0.15) is 0 Å². The summed E-state index contributed by atoms with van der Waals surface area (Å²) < 4.78 is 0. The maximum Gasteiger partial charge on any atom is -0.00232 e. The SMILES string of the molecule is CCCCC(CC)CCNCC(C)CCC(CC)CCC. The molecule has 21 heavy (non-hydrogen) atoms. The van der Waals surface area contributed by atoms with E-state index in [9.17, 15) is 0 Å². The number of unbranched alkanes of at least 4 members (excludes halogenated alkanes) is 1. The maximum absolute atomic E-state index is 3.70. The Morgan fingerprint density at radius 1 is 0.714 bits per heavy atom. The van der Waals surface area contributed by atoms with Crippen LogP contribution in [0.5, 0.6) is 0 Å². The zero-order valence-electron chi connectivity index (χ0n) is 15.7. The number of rotatable bonds is 15. The Hall–Kier alpha value is -0.0400. The van der Waals surface area contributed by atoms with Gasteiger partial charge in [-0.25, -0.2) is 0 Å². The molecule has 0 aromatic carbocycles. The lowest BCUT2D eigenvalue weighted by Gasteiger charge is -2.19. The molecule has 1 N–H and O–H groups in total. The van der Waals surface area contributed by atoms with Gasteiger partial charge >= 0.3 is 0 Å². The molecule has 1 heteroatoms. The summed E-state index contributed by atoms with van der Waals surface area (Å²) in [5.41, 5.74) is 0. The van der Waals surface area contributed by atoms with Crippen molar-refractivity contribution in [1.29, 1.82) is 0 Å². The molecule has 0 rings (SSSR count). The van der Waals surface area contributed by atoms with Gasteiger partial charge in [-0.3, -0.25) is 0 Å². The Morgan fingerprint density at radius 3 is 1.95 bits per heavy atom. The van der Waals surface area contributed by atoms with Crippen LogP contribution in [-0.2, 0) is 0 Å². The minimum absolute atomic E-state index is 0.839. The van der Waals surface area contributed by atoms with Gasteiger partial charge in [-0.05, 0) is 43.7 Å². The van der Waals surface area contributed by atoms with Crippen molar-refractivity contribution in [3.8, 4) is 0 Å². The highest BCUT2D eigenvalue weighted by atomic mass is 14.8. The molecular formula is C20H43N. The molecule has 0 radical (unpaired) electrons. The largest absolute Gasteiger partial charge is 0.316 e. The van der Waals surface area contributed by atoms with Gasteiger partial charge in [0.25, 0.3) is 0 Å². The second kappa shape index (κ2) is 14.9. The lowest BCUT2D eigenvalue weighted by atomic mass is 9.91. The van der Waals surface area contributed by atoms with Gasteiger partial charge in [0, 0.05) is 0 Å². The van der Waals surface area contributed by atoms with Crippen LogP contribution >= 0.6 is 0 Å². The predicted octanol–water partition coefficient (Wildman–Crippen LogP) is 6.43. The molecule has 3 atom stereocenters. The molecule has 3 unspecified atom stereocenters. The summed E-state index contributed by atoms with van der Waals surface area (Å²) in [5.74, 6) is 2.75. The van der Waals surface area contributed by atoms with E-state index in [1.54, 1.807) is 0 Å². The molecule has 0 saturated carbocycles. The van der Waals surface area contributed by atoms with Crippen molar-refractivity contribution < 1.29 is 0 Å². The highest BCUT2D eigenvalue weighted by Crippen LogP contribution is 2.20. The van der Waals surface area contributed by atoms with Gasteiger partial charge in [0.05, 0.1) is 0 Å². The third-order valence-electron chi connectivity index (χ3n) is 5.11. The molecule has 128 valence electrons. The van der Waals surface area contributed by atoms with E-state index in [0.29, 0.717) is 0 Å². The zero-order valence-corrected chi connectivity index (χ0v) is 15.7. The van der Waals surface area contributed by atoms with E-state index in [2.05, 4.69) is 39.9 Å². The van der Waals surface area contributed by atoms with Crippen LogP contribution in [-0.4, -0.2) is 13.1 Å². The van der Waals surface area contributed by atoms with Crippen LogP contribution in [0.15, 0.2) is 0 Å². The molecule has 0 aromatic heterocycles. The number of hydrogen-bond donors (Lipinski definition) is 1. The van der Waals surface area contributed by atoms with Gasteiger partial charge in [-0.1, -0.05) is 86.0 Å². The normalized spacial score (nSPS) is 15.9. The number of nitrogens with one attached hydrogen (secondary N) is 1. The molecule has 0 aromatic rings. The Kier molecular flexibility index (Phi) is 14.9. The van der Waals surface area contributed by atoms with Crippen LogP contribution in [0.3, 0.4) is 0 Å². The first-order valence-corrected chi connectivity index (χ1v) is 9.88. The van der Waals surface area contributed by atoms with Crippen LogP contribution in [0.4, 0.5) is 0 Å². The molecule has 0 spiro atoms. The first kappa shape index (κ1) is 21.0. The second-order valence-corrected chi connectivity index (χ2v) is 7.15. The van der Waals surface area contributed by atoms with Crippen molar-refractivity contribution in [3.63, 3.8) is 0 Å². The molecule has 0 amide bonds. The molecule has 0 bridgehead atoms. The number of hydrogen-bond acceptors (Lipinski definition) is 1. The zero-order chi connectivity index (χ0) is 15.9. The summed E-state index contributed by atoms with van der Waals surface area (Å²) >= 11 is 0. The van der Waals surface area contributed by atoms with E-state index in [1.165, 1.54) is 77.3 Å². The van der Waals surface area contributed by atoms with Crippen LogP contribution in [0.2, 0.25) is 0 Å². The van der Waals surface area contributed by atoms with Gasteiger partial charge < -0.3 is 5.32 Å². The summed E-state index contributed by atoms with van der Waals surface area (Å²) in [6.45, 7) is 14.2. The molecule has 0 aliphatic rings. The Balaban J connectivity index is 3.61. The summed E-state index contributed by atoms with van der Waals surface area (Å²) in [4.78, 5) is 0. The fourth-order valence-electron chi connectivity index (χ4n) is 3.28. The summed E-state index contributed by atoms with van der Waals surface area (Å²) in [7, 11) is 0. The van der Waals surface area contributed by atoms with Crippen molar-refractivity contribution in [2.45, 2.75) is 98.8 Å². The van der Waals surface area contributed by atoms with E-state index in [-0.39, 0.29) is 0 Å². The fraction of sp³-hybridized carbons (Fsp3) is 1.00. The Morgan fingerprint density at radius 2 is 1.38 bits per heavy atom. The molecule has 0 aliphatic heterocycles. The van der Waals surface area contributed by atoms with E-state index in [4.69, 9.17) is 0 Å². The Bertz CT molecular complexity index is 202. The van der Waals surface area contributed by atoms with Crippen molar-refractivity contribution in [2.75, 3.05) is 13.1 Å². The first-order valence-electron chi connectivity index (χ1n) is 9.88. The molecule has 0 fully saturated rings. The van der Waals surface area contributed by atoms with Gasteiger partial charge in [0.15, 0.2) is 0 Å². The predicted molar refractivity (Wildman–Crippen MR) is 97.9 cm³/mol. The summed E-state index contributed by atoms with van der Waals surface area (Å²) in [6.07, 6.45) is 13.9. The second-order valence-electron chi connectivity index (χ2n) is 7.15. The van der Waals surface area contributed by atoms with Crippen molar-refractivity contribution in [3.05, 3.63) is 0 Å². The third-order valence-corrected chi connectivity index (χ3v) is 5.11. The monoisotopic (exact) mass is 297 g/mol. The van der Waals surface area contributed by atoms with Gasteiger partial charge in [-0.2, -0.15) is 0 Å². The van der Waals surface area contributed by atoms with E-state index in [1.807, 2.05) is 0 Å². The lowest BCUT2D eigenvalue weighted by Crippen LogP contribution is -2.24. The van der Waals surface area contributed by atoms with Gasteiger partial charge in [0.2, 0.25) is 0 Å². The minimum Gasteiger partial charge on any atom is -0.316 e. The van der Waals surface area contributed by atoms with Crippen LogP contribution in [0, 0.1) is 17.8 Å². The molecule has 0 saturated heterocycles. The Labute approximate surface area is 135 Å². The average molecular weight is 298 g/mol. The van der Waals surface area contributed by atoms with E-state index in [0.717, 1.165) is 17.8 Å². The average Bonchev–Trinajstić information content (AvgIpc) is 2.50. The third kappa shape index (κ3) is 12.2. The van der Waals surface area contributed by atoms with Crippen LogP contribution in [0.25, 0.3) is 0 Å². The van der Waals surface area contributed by atoms with E-state index < -0.39 is 0 Å². The highest BCUT2D eigenvalue weighted by Gasteiger charge is 2.09. The van der Waals surface area contributed by atoms with Crippen molar-refractivity contribution >= 4 is 0 Å².